The zero-order valence-corrected chi connectivity index (χ0v) is 52.8. The number of hydrogen-bond acceptors (Lipinski definition) is 8. The van der Waals surface area contributed by atoms with Gasteiger partial charge in [-0.15, -0.1) is 0 Å². The molecule has 0 aromatic carbocycles. The van der Waals surface area contributed by atoms with Gasteiger partial charge in [-0.3, -0.25) is 9.59 Å². The molecule has 0 aliphatic heterocycles. The summed E-state index contributed by atoms with van der Waals surface area (Å²) in [6.45, 7) is 4.82. The number of carboxylic acids is 1. The lowest BCUT2D eigenvalue weighted by Crippen LogP contribution is -2.44. The van der Waals surface area contributed by atoms with Crippen LogP contribution in [0.15, 0.2) is 12.2 Å². The fourth-order valence-electron chi connectivity index (χ4n) is 10.5. The van der Waals surface area contributed by atoms with Crippen molar-refractivity contribution in [2.75, 3.05) is 47.5 Å². The van der Waals surface area contributed by atoms with Gasteiger partial charge in [0.15, 0.2) is 12.4 Å². The molecule has 0 radical (unpaired) electrons. The van der Waals surface area contributed by atoms with E-state index in [-0.39, 0.29) is 32.2 Å². The van der Waals surface area contributed by atoms with Crippen molar-refractivity contribution in [3.63, 3.8) is 0 Å². The van der Waals surface area contributed by atoms with Crippen molar-refractivity contribution >= 4 is 17.9 Å². The van der Waals surface area contributed by atoms with Crippen LogP contribution in [0, 0.1) is 0 Å². The van der Waals surface area contributed by atoms with E-state index < -0.39 is 24.3 Å². The summed E-state index contributed by atoms with van der Waals surface area (Å²) in [6.07, 6.45) is 70.1. The molecule has 9 nitrogen and oxygen atoms in total. The number of carbonyl (C=O) groups excluding carboxylic acids is 3. The van der Waals surface area contributed by atoms with E-state index in [0.717, 1.165) is 32.1 Å². The molecule has 0 N–H and O–H groups in total. The van der Waals surface area contributed by atoms with E-state index in [1.807, 2.05) is 21.1 Å². The highest BCUT2D eigenvalue weighted by Crippen LogP contribution is 2.19. The Hall–Kier alpha value is -1.97. The van der Waals surface area contributed by atoms with Gasteiger partial charge in [0.25, 0.3) is 0 Å². The number of quaternary nitrogens is 1. The molecule has 2 atom stereocenters. The predicted molar refractivity (Wildman–Crippen MR) is 330 cm³/mol. The molecular formula is C69H133NO8. The van der Waals surface area contributed by atoms with Crippen LogP contribution in [0.3, 0.4) is 0 Å². The van der Waals surface area contributed by atoms with Crippen LogP contribution in [0.5, 0.6) is 0 Å². The summed E-state index contributed by atoms with van der Waals surface area (Å²) in [7, 11) is 5.94. The van der Waals surface area contributed by atoms with Crippen molar-refractivity contribution in [3.05, 3.63) is 12.2 Å². The minimum Gasteiger partial charge on any atom is -0.545 e. The number of carboxylic acid groups (broad SMARTS) is 1. The van der Waals surface area contributed by atoms with Crippen molar-refractivity contribution < 1.29 is 42.9 Å². The number of ether oxygens (including phenoxy) is 4. The molecule has 0 saturated carbocycles. The van der Waals surface area contributed by atoms with E-state index in [0.29, 0.717) is 23.9 Å². The number of nitrogens with zero attached hydrogens (tertiary/aromatic N) is 1. The average Bonchev–Trinajstić information content (AvgIpc) is 3.41. The highest BCUT2D eigenvalue weighted by Gasteiger charge is 2.22. The molecule has 0 spiro atoms. The monoisotopic (exact) mass is 1100 g/mol. The molecule has 0 aliphatic rings. The first kappa shape index (κ1) is 76.0. The van der Waals surface area contributed by atoms with Gasteiger partial charge in [0, 0.05) is 12.8 Å². The van der Waals surface area contributed by atoms with Gasteiger partial charge in [-0.1, -0.05) is 315 Å². The van der Waals surface area contributed by atoms with Gasteiger partial charge in [-0.2, -0.15) is 0 Å². The quantitative estimate of drug-likeness (QED) is 0.0195. The molecule has 0 aromatic heterocycles. The highest BCUT2D eigenvalue weighted by atomic mass is 16.7. The zero-order chi connectivity index (χ0) is 56.9. The minimum atomic E-state index is -1.62. The second kappa shape index (κ2) is 61.1. The number of hydrogen-bond donors (Lipinski definition) is 0. The summed E-state index contributed by atoms with van der Waals surface area (Å²) in [4.78, 5) is 37.4. The first-order valence-corrected chi connectivity index (χ1v) is 34.3. The Morgan fingerprint density at radius 2 is 0.654 bits per heavy atom. The maximum absolute atomic E-state index is 12.9. The molecule has 78 heavy (non-hydrogen) atoms. The molecule has 0 aromatic rings. The third-order valence-electron chi connectivity index (χ3n) is 15.8. The lowest BCUT2D eigenvalue weighted by Gasteiger charge is -2.26. The Balaban J connectivity index is 4.03. The largest absolute Gasteiger partial charge is 0.545 e. The molecule has 0 heterocycles. The maximum atomic E-state index is 12.9. The Bertz CT molecular complexity index is 1280. The first-order valence-electron chi connectivity index (χ1n) is 34.3. The lowest BCUT2D eigenvalue weighted by molar-refractivity contribution is -0.870. The number of carbonyl (C=O) groups is 3. The van der Waals surface area contributed by atoms with Gasteiger partial charge in [0.2, 0.25) is 0 Å². The van der Waals surface area contributed by atoms with Gasteiger partial charge in [-0.05, 0) is 38.5 Å². The summed E-state index contributed by atoms with van der Waals surface area (Å²) in [5, 5.41) is 11.8. The number of likely N-dealkylation sites (N-methyl/N-ethyl adjacent to an activating group) is 1. The van der Waals surface area contributed by atoms with Crippen LogP contribution in [0.2, 0.25) is 0 Å². The molecule has 0 aliphatic carbocycles. The van der Waals surface area contributed by atoms with Crippen molar-refractivity contribution in [2.24, 2.45) is 0 Å². The summed E-state index contributed by atoms with van der Waals surface area (Å²) in [6, 6.07) is 0. The summed E-state index contributed by atoms with van der Waals surface area (Å²) < 4.78 is 22.8. The Labute approximate surface area is 485 Å². The van der Waals surface area contributed by atoms with Crippen LogP contribution in [-0.2, 0) is 33.3 Å². The van der Waals surface area contributed by atoms with Crippen LogP contribution in [0.4, 0.5) is 0 Å². The highest BCUT2D eigenvalue weighted by molar-refractivity contribution is 5.70. The standard InChI is InChI=1S/C69H133NO8/c1-6-8-10-12-14-16-18-20-22-24-26-28-29-30-31-32-33-34-35-36-37-38-40-41-43-45-47-49-51-53-55-57-59-66(71)76-63-65(64-77-69(68(73)74)75-62-61-70(3,4)5)78-67(72)60-58-56-54-52-50-48-46-44-42-39-27-25-23-21-19-17-15-13-11-9-7-2/h25,27,65,69H,6-24,26,28-64H2,1-5H3/b27-25-. The van der Waals surface area contributed by atoms with Gasteiger partial charge in [0.05, 0.1) is 40.3 Å². The molecular weight excluding hydrogens is 971 g/mol. The molecule has 0 bridgehead atoms. The molecule has 0 saturated heterocycles. The Kier molecular flexibility index (Phi) is 59.6. The lowest BCUT2D eigenvalue weighted by atomic mass is 10.0. The minimum absolute atomic E-state index is 0.151. The van der Waals surface area contributed by atoms with Crippen molar-refractivity contribution in [3.8, 4) is 0 Å². The van der Waals surface area contributed by atoms with E-state index in [1.54, 1.807) is 0 Å². The second-order valence-electron chi connectivity index (χ2n) is 24.8. The van der Waals surface area contributed by atoms with Crippen LogP contribution in [-0.4, -0.2) is 82.3 Å². The van der Waals surface area contributed by atoms with Crippen molar-refractivity contribution in [1.29, 1.82) is 0 Å². The Morgan fingerprint density at radius 3 is 0.949 bits per heavy atom. The van der Waals surface area contributed by atoms with Gasteiger partial charge >= 0.3 is 11.9 Å². The summed E-state index contributed by atoms with van der Waals surface area (Å²) in [5.74, 6) is -2.26. The van der Waals surface area contributed by atoms with E-state index in [4.69, 9.17) is 18.9 Å². The molecule has 0 rings (SSSR count). The SMILES string of the molecule is CCCCCCCCCC/C=C\CCCCCCCCCCCC(=O)OC(COC(=O)CCCCCCCCCCCCCCCCCCCCCCCCCCCCCCCCCC)COC(OCC[N+](C)(C)C)C(=O)[O-]. The topological polar surface area (TPSA) is 111 Å². The molecule has 9 heteroatoms. The fourth-order valence-corrected chi connectivity index (χ4v) is 10.5. The normalized spacial score (nSPS) is 12.7. The number of rotatable bonds is 65. The summed E-state index contributed by atoms with van der Waals surface area (Å²) >= 11 is 0. The van der Waals surface area contributed by atoms with Crippen molar-refractivity contribution in [2.45, 2.75) is 367 Å². The molecule has 0 fully saturated rings. The van der Waals surface area contributed by atoms with Crippen molar-refractivity contribution in [1.82, 2.24) is 0 Å². The summed E-state index contributed by atoms with van der Waals surface area (Å²) in [5.41, 5.74) is 0. The van der Waals surface area contributed by atoms with Gasteiger partial charge in [-0.25, -0.2) is 0 Å². The molecule has 462 valence electrons. The third kappa shape index (κ3) is 61.6. The van der Waals surface area contributed by atoms with E-state index >= 15 is 0 Å². The van der Waals surface area contributed by atoms with Gasteiger partial charge in [0.1, 0.15) is 13.2 Å². The fraction of sp³-hybridized carbons (Fsp3) is 0.928. The smallest absolute Gasteiger partial charge is 0.306 e. The first-order chi connectivity index (χ1) is 38.1. The third-order valence-corrected chi connectivity index (χ3v) is 15.8. The Morgan fingerprint density at radius 1 is 0.372 bits per heavy atom. The van der Waals surface area contributed by atoms with Crippen LogP contribution >= 0.6 is 0 Å². The molecule has 0 amide bonds. The zero-order valence-electron chi connectivity index (χ0n) is 52.8. The second-order valence-corrected chi connectivity index (χ2v) is 24.8. The number of aliphatic carboxylic acids is 1. The van der Waals surface area contributed by atoms with E-state index in [9.17, 15) is 19.5 Å². The van der Waals surface area contributed by atoms with E-state index in [2.05, 4.69) is 26.0 Å². The molecule has 2 unspecified atom stereocenters. The van der Waals surface area contributed by atoms with Crippen LogP contribution in [0.1, 0.15) is 354 Å². The van der Waals surface area contributed by atoms with Crippen LogP contribution in [0.25, 0.3) is 0 Å². The van der Waals surface area contributed by atoms with Gasteiger partial charge < -0.3 is 33.3 Å². The van der Waals surface area contributed by atoms with Crippen LogP contribution < -0.4 is 5.11 Å². The maximum Gasteiger partial charge on any atom is 0.306 e. The predicted octanol–water partition coefficient (Wildman–Crippen LogP) is 19.5. The number of esters is 2. The number of allylic oxidation sites excluding steroid dienone is 2. The average molecular weight is 1100 g/mol. The van der Waals surface area contributed by atoms with E-state index in [1.165, 1.54) is 289 Å². The number of unbranched alkanes of at least 4 members (excludes halogenated alkanes) is 48.